The molecule has 11 heteroatoms. The molecule has 1 N–H and O–H groups in total. The quantitative estimate of drug-likeness (QED) is 0.168. The van der Waals surface area contributed by atoms with Gasteiger partial charge in [0.1, 0.15) is 11.5 Å². The molecule has 0 fully saturated rings. The lowest BCUT2D eigenvalue weighted by atomic mass is 10.1. The Kier molecular flexibility index (Phi) is 7.99. The number of hydrogen-bond acceptors (Lipinski definition) is 8. The molecule has 0 atom stereocenters. The van der Waals surface area contributed by atoms with Crippen molar-refractivity contribution in [1.82, 2.24) is 5.43 Å². The molecule has 4 aromatic rings. The summed E-state index contributed by atoms with van der Waals surface area (Å²) in [4.78, 5) is 32.8. The fraction of sp³-hybridized carbons (Fsp3) is 0.0370. The molecule has 0 aliphatic heterocycles. The minimum atomic E-state index is -0.761. The number of non-ortho nitro benzene ring substituents is 1. The van der Waals surface area contributed by atoms with Crippen LogP contribution in [-0.2, 0) is 4.79 Å². The van der Waals surface area contributed by atoms with E-state index in [0.717, 1.165) is 29.3 Å². The van der Waals surface area contributed by atoms with Gasteiger partial charge >= 0.3 is 5.69 Å². The van der Waals surface area contributed by atoms with Crippen molar-refractivity contribution >= 4 is 23.5 Å². The number of hydrogen-bond donors (Lipinski definition) is 1. The zero-order valence-electron chi connectivity index (χ0n) is 19.7. The molecular formula is C27H20N4O7. The fourth-order valence-corrected chi connectivity index (χ4v) is 3.37. The number of hydrazone groups is 1. The molecule has 1 amide bonds. The lowest BCUT2D eigenvalue weighted by molar-refractivity contribution is -0.394. The number of nitrogens with one attached hydrogen (secondary N) is 1. The second-order valence-electron chi connectivity index (χ2n) is 7.81. The van der Waals surface area contributed by atoms with Crippen LogP contribution in [0.3, 0.4) is 0 Å². The average molecular weight is 512 g/mol. The minimum Gasteiger partial charge on any atom is -0.484 e. The standard InChI is InChI=1S/C27H20N4O7/c32-27(18-37-23-12-9-21(10-13-23)20-6-2-1-3-7-20)29-28-17-19-5-4-8-24(15-19)38-26-14-11-22(30(33)34)16-25(26)31(35)36/h1-17H,18H2,(H,29,32). The first kappa shape index (κ1) is 25.5. The number of nitro groups is 2. The summed E-state index contributed by atoms with van der Waals surface area (Å²) in [7, 11) is 0. The number of benzene rings is 4. The van der Waals surface area contributed by atoms with E-state index in [1.807, 2.05) is 42.5 Å². The highest BCUT2D eigenvalue weighted by Crippen LogP contribution is 2.34. The molecule has 190 valence electrons. The number of rotatable bonds is 10. The largest absolute Gasteiger partial charge is 0.484 e. The smallest absolute Gasteiger partial charge is 0.318 e. The number of nitro benzene ring substituents is 2. The molecule has 0 aromatic heterocycles. The zero-order chi connectivity index (χ0) is 26.9. The van der Waals surface area contributed by atoms with Crippen LogP contribution in [0, 0.1) is 20.2 Å². The van der Waals surface area contributed by atoms with E-state index in [1.54, 1.807) is 30.3 Å². The predicted molar refractivity (Wildman–Crippen MR) is 139 cm³/mol. The van der Waals surface area contributed by atoms with E-state index < -0.39 is 27.1 Å². The Hall–Kier alpha value is -5.58. The monoisotopic (exact) mass is 512 g/mol. The van der Waals surface area contributed by atoms with Gasteiger partial charge in [-0.15, -0.1) is 0 Å². The maximum absolute atomic E-state index is 12.1. The number of carbonyl (C=O) groups excluding carboxylic acids is 1. The molecule has 0 saturated heterocycles. The van der Waals surface area contributed by atoms with Crippen LogP contribution in [-0.4, -0.2) is 28.6 Å². The van der Waals surface area contributed by atoms with Gasteiger partial charge in [0.2, 0.25) is 5.75 Å². The van der Waals surface area contributed by atoms with Crippen LogP contribution in [0.2, 0.25) is 0 Å². The van der Waals surface area contributed by atoms with Crippen molar-refractivity contribution in [1.29, 1.82) is 0 Å². The maximum Gasteiger partial charge on any atom is 0.318 e. The number of carbonyl (C=O) groups is 1. The molecule has 4 aromatic carbocycles. The summed E-state index contributed by atoms with van der Waals surface area (Å²) in [6, 6.07) is 26.7. The minimum absolute atomic E-state index is 0.156. The Labute approximate surface area is 216 Å². The Morgan fingerprint density at radius 3 is 2.26 bits per heavy atom. The molecule has 0 unspecified atom stereocenters. The molecule has 0 saturated carbocycles. The summed E-state index contributed by atoms with van der Waals surface area (Å²) in [5.41, 5.74) is 4.03. The third-order valence-corrected chi connectivity index (χ3v) is 5.17. The van der Waals surface area contributed by atoms with E-state index in [-0.39, 0.29) is 18.1 Å². The molecule has 4 rings (SSSR count). The Morgan fingerprint density at radius 1 is 0.816 bits per heavy atom. The van der Waals surface area contributed by atoms with Gasteiger partial charge in [0, 0.05) is 6.07 Å². The lowest BCUT2D eigenvalue weighted by Gasteiger charge is -2.07. The van der Waals surface area contributed by atoms with Gasteiger partial charge in [0.05, 0.1) is 22.1 Å². The summed E-state index contributed by atoms with van der Waals surface area (Å²) < 4.78 is 11.1. The van der Waals surface area contributed by atoms with Gasteiger partial charge < -0.3 is 9.47 Å². The summed E-state index contributed by atoms with van der Waals surface area (Å²) in [6.07, 6.45) is 1.36. The normalized spacial score (nSPS) is 10.6. The highest BCUT2D eigenvalue weighted by molar-refractivity contribution is 5.83. The van der Waals surface area contributed by atoms with Crippen molar-refractivity contribution in [3.8, 4) is 28.4 Å². The van der Waals surface area contributed by atoms with Crippen molar-refractivity contribution in [3.63, 3.8) is 0 Å². The van der Waals surface area contributed by atoms with Crippen molar-refractivity contribution in [2.75, 3.05) is 6.61 Å². The van der Waals surface area contributed by atoms with Crippen LogP contribution in [0.25, 0.3) is 11.1 Å². The van der Waals surface area contributed by atoms with Gasteiger partial charge in [-0.25, -0.2) is 5.43 Å². The number of amides is 1. The molecule has 0 bridgehead atoms. The lowest BCUT2D eigenvalue weighted by Crippen LogP contribution is -2.24. The average Bonchev–Trinajstić information content (AvgIpc) is 2.93. The van der Waals surface area contributed by atoms with Gasteiger partial charge in [0.25, 0.3) is 11.6 Å². The van der Waals surface area contributed by atoms with E-state index >= 15 is 0 Å². The molecule has 38 heavy (non-hydrogen) atoms. The highest BCUT2D eigenvalue weighted by Gasteiger charge is 2.21. The molecule has 0 aliphatic rings. The van der Waals surface area contributed by atoms with Gasteiger partial charge in [-0.3, -0.25) is 25.0 Å². The van der Waals surface area contributed by atoms with Crippen molar-refractivity contribution in [2.24, 2.45) is 5.10 Å². The van der Waals surface area contributed by atoms with E-state index in [2.05, 4.69) is 10.5 Å². The molecule has 0 aliphatic carbocycles. The van der Waals surface area contributed by atoms with Gasteiger partial charge in [-0.05, 0) is 47.0 Å². The second-order valence-corrected chi connectivity index (χ2v) is 7.81. The first-order chi connectivity index (χ1) is 18.4. The molecule has 0 heterocycles. The molecule has 0 spiro atoms. The molecular weight excluding hydrogens is 492 g/mol. The Morgan fingerprint density at radius 2 is 1.55 bits per heavy atom. The summed E-state index contributed by atoms with van der Waals surface area (Å²) >= 11 is 0. The highest BCUT2D eigenvalue weighted by atomic mass is 16.6. The van der Waals surface area contributed by atoms with E-state index in [0.29, 0.717) is 11.3 Å². The fourth-order valence-electron chi connectivity index (χ4n) is 3.37. The van der Waals surface area contributed by atoms with Crippen LogP contribution in [0.15, 0.2) is 102 Å². The van der Waals surface area contributed by atoms with Crippen LogP contribution < -0.4 is 14.9 Å². The van der Waals surface area contributed by atoms with Gasteiger partial charge in [-0.2, -0.15) is 5.10 Å². The van der Waals surface area contributed by atoms with E-state index in [4.69, 9.17) is 9.47 Å². The number of ether oxygens (including phenoxy) is 2. The summed E-state index contributed by atoms with van der Waals surface area (Å²) in [6.45, 7) is -0.241. The predicted octanol–water partition coefficient (Wildman–Crippen LogP) is 5.49. The SMILES string of the molecule is O=C(COc1ccc(-c2ccccc2)cc1)NN=Cc1cccc(Oc2ccc([N+](=O)[O-])cc2[N+](=O)[O-])c1. The van der Waals surface area contributed by atoms with E-state index in [9.17, 15) is 25.0 Å². The van der Waals surface area contributed by atoms with Crippen molar-refractivity contribution in [2.45, 2.75) is 0 Å². The van der Waals surface area contributed by atoms with Crippen LogP contribution in [0.4, 0.5) is 11.4 Å². The third kappa shape index (κ3) is 6.76. The Bertz CT molecular complexity index is 1490. The Balaban J connectivity index is 1.31. The second kappa shape index (κ2) is 11.9. The van der Waals surface area contributed by atoms with Crippen molar-refractivity contribution < 1.29 is 24.1 Å². The zero-order valence-corrected chi connectivity index (χ0v) is 19.7. The van der Waals surface area contributed by atoms with Gasteiger partial charge in [0.15, 0.2) is 6.61 Å². The number of nitrogens with zero attached hydrogens (tertiary/aromatic N) is 3. The van der Waals surface area contributed by atoms with Crippen LogP contribution in [0.5, 0.6) is 17.2 Å². The molecule has 11 nitrogen and oxygen atoms in total. The summed E-state index contributed by atoms with van der Waals surface area (Å²) in [5.74, 6) is 0.146. The first-order valence-corrected chi connectivity index (χ1v) is 11.2. The molecule has 0 radical (unpaired) electrons. The first-order valence-electron chi connectivity index (χ1n) is 11.2. The van der Waals surface area contributed by atoms with Gasteiger partial charge in [-0.1, -0.05) is 54.6 Å². The third-order valence-electron chi connectivity index (χ3n) is 5.17. The topological polar surface area (TPSA) is 146 Å². The van der Waals surface area contributed by atoms with Crippen LogP contribution in [0.1, 0.15) is 5.56 Å². The maximum atomic E-state index is 12.1. The van der Waals surface area contributed by atoms with E-state index in [1.165, 1.54) is 12.3 Å². The summed E-state index contributed by atoms with van der Waals surface area (Å²) in [5, 5.41) is 26.1. The van der Waals surface area contributed by atoms with Crippen molar-refractivity contribution in [3.05, 3.63) is 123 Å². The van der Waals surface area contributed by atoms with Crippen LogP contribution >= 0.6 is 0 Å².